The van der Waals surface area contributed by atoms with E-state index in [2.05, 4.69) is 4.98 Å². The summed E-state index contributed by atoms with van der Waals surface area (Å²) in [6.45, 7) is 0.111. The van der Waals surface area contributed by atoms with E-state index in [1.807, 2.05) is 6.07 Å². The standard InChI is InChI=1S/C19H18F3N3O/c20-16-7-12(9-23)10-25-18(16)13-1-3-15(4-2-13)26-11-14-8-19(21,22)6-5-17(14)24/h1-4,7,10,14,17H,5-6,8,11,24H2/t14-,17+/m1/s1. The molecule has 1 heterocycles. The second kappa shape index (κ2) is 7.34. The summed E-state index contributed by atoms with van der Waals surface area (Å²) in [5.74, 6) is -3.19. The zero-order valence-electron chi connectivity index (χ0n) is 14.0. The summed E-state index contributed by atoms with van der Waals surface area (Å²) >= 11 is 0. The van der Waals surface area contributed by atoms with Gasteiger partial charge < -0.3 is 10.5 Å². The van der Waals surface area contributed by atoms with E-state index in [0.29, 0.717) is 11.3 Å². The van der Waals surface area contributed by atoms with Gasteiger partial charge in [-0.05, 0) is 36.8 Å². The third-order valence-corrected chi connectivity index (χ3v) is 4.57. The van der Waals surface area contributed by atoms with Gasteiger partial charge >= 0.3 is 0 Å². The number of alkyl halides is 2. The molecule has 1 aromatic heterocycles. The molecule has 0 bridgehead atoms. The summed E-state index contributed by atoms with van der Waals surface area (Å²) in [5, 5.41) is 8.75. The van der Waals surface area contributed by atoms with Gasteiger partial charge in [0, 0.05) is 36.6 Å². The molecule has 2 aromatic rings. The molecule has 1 aromatic carbocycles. The molecule has 4 nitrogen and oxygen atoms in total. The molecule has 26 heavy (non-hydrogen) atoms. The average Bonchev–Trinajstić information content (AvgIpc) is 2.63. The molecule has 3 rings (SSSR count). The molecule has 0 aliphatic heterocycles. The third kappa shape index (κ3) is 4.14. The average molecular weight is 361 g/mol. The van der Waals surface area contributed by atoms with Crippen LogP contribution in [0.5, 0.6) is 5.75 Å². The third-order valence-electron chi connectivity index (χ3n) is 4.57. The van der Waals surface area contributed by atoms with Crippen LogP contribution in [-0.4, -0.2) is 23.6 Å². The van der Waals surface area contributed by atoms with Crippen molar-refractivity contribution in [1.29, 1.82) is 5.26 Å². The van der Waals surface area contributed by atoms with Crippen molar-refractivity contribution in [3.63, 3.8) is 0 Å². The number of ether oxygens (including phenoxy) is 1. The van der Waals surface area contributed by atoms with Crippen molar-refractivity contribution in [2.45, 2.75) is 31.2 Å². The lowest BCUT2D eigenvalue weighted by Crippen LogP contribution is -2.43. The molecule has 7 heteroatoms. The first kappa shape index (κ1) is 18.2. The number of hydrogen-bond donors (Lipinski definition) is 1. The number of aromatic nitrogens is 1. The minimum atomic E-state index is -2.69. The van der Waals surface area contributed by atoms with Crippen molar-refractivity contribution in [3.05, 3.63) is 47.9 Å². The Morgan fingerprint density at radius 3 is 2.69 bits per heavy atom. The van der Waals surface area contributed by atoms with Gasteiger partial charge in [-0.3, -0.25) is 4.98 Å². The number of nitrogens with two attached hydrogens (primary N) is 1. The Morgan fingerprint density at radius 1 is 1.31 bits per heavy atom. The number of pyridine rings is 1. The maximum Gasteiger partial charge on any atom is 0.248 e. The molecule has 1 aliphatic carbocycles. The summed E-state index contributed by atoms with van der Waals surface area (Å²) in [6, 6.07) is 9.16. The fourth-order valence-corrected chi connectivity index (χ4v) is 3.06. The Balaban J connectivity index is 1.66. The first-order chi connectivity index (χ1) is 12.4. The van der Waals surface area contributed by atoms with Crippen LogP contribution in [-0.2, 0) is 0 Å². The summed E-state index contributed by atoms with van der Waals surface area (Å²) in [5.41, 5.74) is 6.72. The van der Waals surface area contributed by atoms with Crippen LogP contribution in [0.15, 0.2) is 36.5 Å². The fraction of sp³-hybridized carbons (Fsp3) is 0.368. The van der Waals surface area contributed by atoms with Gasteiger partial charge in [0.05, 0.1) is 12.2 Å². The summed E-state index contributed by atoms with van der Waals surface area (Å²) < 4.78 is 46.6. The highest BCUT2D eigenvalue weighted by molar-refractivity contribution is 5.61. The van der Waals surface area contributed by atoms with Crippen LogP contribution in [0.4, 0.5) is 13.2 Å². The summed E-state index contributed by atoms with van der Waals surface area (Å²) in [6.07, 6.45) is 1.13. The quantitative estimate of drug-likeness (QED) is 0.896. The monoisotopic (exact) mass is 361 g/mol. The topological polar surface area (TPSA) is 71.9 Å². The van der Waals surface area contributed by atoms with Crippen molar-refractivity contribution in [3.8, 4) is 23.1 Å². The number of halogens is 3. The molecule has 0 saturated heterocycles. The molecule has 0 amide bonds. The van der Waals surface area contributed by atoms with Crippen molar-refractivity contribution < 1.29 is 17.9 Å². The van der Waals surface area contributed by atoms with Crippen LogP contribution in [0.3, 0.4) is 0 Å². The van der Waals surface area contributed by atoms with Gasteiger partial charge in [-0.25, -0.2) is 13.2 Å². The molecule has 2 N–H and O–H groups in total. The van der Waals surface area contributed by atoms with E-state index in [9.17, 15) is 13.2 Å². The van der Waals surface area contributed by atoms with Gasteiger partial charge in [-0.2, -0.15) is 5.26 Å². The Kier molecular flexibility index (Phi) is 5.14. The smallest absolute Gasteiger partial charge is 0.248 e. The lowest BCUT2D eigenvalue weighted by atomic mass is 9.83. The largest absolute Gasteiger partial charge is 0.493 e. The molecule has 0 radical (unpaired) electrons. The molecule has 136 valence electrons. The zero-order chi connectivity index (χ0) is 18.7. The lowest BCUT2D eigenvalue weighted by molar-refractivity contribution is -0.0643. The van der Waals surface area contributed by atoms with Gasteiger partial charge in [0.15, 0.2) is 5.82 Å². The van der Waals surface area contributed by atoms with Crippen LogP contribution in [0, 0.1) is 23.1 Å². The number of hydrogen-bond acceptors (Lipinski definition) is 4. The Labute approximate surface area is 149 Å². The van der Waals surface area contributed by atoms with Crippen molar-refractivity contribution in [1.82, 2.24) is 4.98 Å². The van der Waals surface area contributed by atoms with E-state index in [-0.39, 0.29) is 43.2 Å². The first-order valence-corrected chi connectivity index (χ1v) is 8.30. The lowest BCUT2D eigenvalue weighted by Gasteiger charge is -2.33. The van der Waals surface area contributed by atoms with E-state index >= 15 is 0 Å². The predicted octanol–water partition coefficient (Wildman–Crippen LogP) is 3.90. The van der Waals surface area contributed by atoms with Gasteiger partial charge in [-0.15, -0.1) is 0 Å². The second-order valence-corrected chi connectivity index (χ2v) is 6.52. The predicted molar refractivity (Wildman–Crippen MR) is 90.1 cm³/mol. The maximum absolute atomic E-state index is 14.0. The minimum absolute atomic E-state index is 0.111. The Bertz CT molecular complexity index is 818. The summed E-state index contributed by atoms with van der Waals surface area (Å²) in [4.78, 5) is 3.96. The minimum Gasteiger partial charge on any atom is -0.493 e. The van der Waals surface area contributed by atoms with Crippen molar-refractivity contribution >= 4 is 0 Å². The number of rotatable bonds is 4. The van der Waals surface area contributed by atoms with Gasteiger partial charge in [0.25, 0.3) is 0 Å². The summed E-state index contributed by atoms with van der Waals surface area (Å²) in [7, 11) is 0. The molecule has 1 saturated carbocycles. The number of nitrogens with zero attached hydrogens (tertiary/aromatic N) is 2. The highest BCUT2D eigenvalue weighted by Crippen LogP contribution is 2.36. The molecule has 0 spiro atoms. The Hall–Kier alpha value is -2.59. The van der Waals surface area contributed by atoms with Crippen molar-refractivity contribution in [2.75, 3.05) is 6.61 Å². The Morgan fingerprint density at radius 2 is 2.04 bits per heavy atom. The zero-order valence-corrected chi connectivity index (χ0v) is 14.0. The first-order valence-electron chi connectivity index (χ1n) is 8.30. The molecule has 1 aliphatic rings. The van der Waals surface area contributed by atoms with Crippen LogP contribution >= 0.6 is 0 Å². The molecule has 2 atom stereocenters. The van der Waals surface area contributed by atoms with Crippen LogP contribution in [0.1, 0.15) is 24.8 Å². The van der Waals surface area contributed by atoms with Gasteiger partial charge in [-0.1, -0.05) is 0 Å². The molecule has 0 unspecified atom stereocenters. The fourth-order valence-electron chi connectivity index (χ4n) is 3.06. The normalized spacial score (nSPS) is 21.8. The number of nitriles is 1. The van der Waals surface area contributed by atoms with Gasteiger partial charge in [0.2, 0.25) is 5.92 Å². The SMILES string of the molecule is N#Cc1cnc(-c2ccc(OC[C@H]3CC(F)(F)CC[C@@H]3N)cc2)c(F)c1. The van der Waals surface area contributed by atoms with E-state index in [0.717, 1.165) is 6.07 Å². The van der Waals surface area contributed by atoms with E-state index in [1.165, 1.54) is 6.20 Å². The molecular weight excluding hydrogens is 343 g/mol. The van der Waals surface area contributed by atoms with Crippen LogP contribution in [0.25, 0.3) is 11.3 Å². The van der Waals surface area contributed by atoms with E-state index in [4.69, 9.17) is 15.7 Å². The van der Waals surface area contributed by atoms with Crippen molar-refractivity contribution in [2.24, 2.45) is 11.7 Å². The van der Waals surface area contributed by atoms with E-state index < -0.39 is 17.7 Å². The highest BCUT2D eigenvalue weighted by atomic mass is 19.3. The maximum atomic E-state index is 14.0. The van der Waals surface area contributed by atoms with Crippen LogP contribution < -0.4 is 10.5 Å². The molecular formula is C19H18F3N3O. The second-order valence-electron chi connectivity index (χ2n) is 6.52. The van der Waals surface area contributed by atoms with E-state index in [1.54, 1.807) is 24.3 Å². The molecule has 1 fully saturated rings. The highest BCUT2D eigenvalue weighted by Gasteiger charge is 2.40. The number of benzene rings is 1. The van der Waals surface area contributed by atoms with Crippen LogP contribution in [0.2, 0.25) is 0 Å². The van der Waals surface area contributed by atoms with Gasteiger partial charge in [0.1, 0.15) is 17.5 Å².